The number of carbonyl (C=O) groups is 1. The lowest BCUT2D eigenvalue weighted by Crippen LogP contribution is -2.26. The highest BCUT2D eigenvalue weighted by molar-refractivity contribution is 6.33. The molecule has 1 aromatic carbocycles. The number of hydrogen-bond donors (Lipinski definition) is 3. The maximum Gasteiger partial charge on any atom is 0.250 e. The van der Waals surface area contributed by atoms with Gasteiger partial charge in [-0.25, -0.2) is 9.37 Å². The zero-order valence-electron chi connectivity index (χ0n) is 12.0. The molecule has 2 rings (SSSR count). The van der Waals surface area contributed by atoms with E-state index < -0.39 is 12.0 Å². The molecule has 0 aliphatic rings. The summed E-state index contributed by atoms with van der Waals surface area (Å²) in [7, 11) is 0. The zero-order chi connectivity index (χ0) is 16.8. The van der Waals surface area contributed by atoms with Gasteiger partial charge in [0.2, 0.25) is 5.91 Å². The molecule has 8 heteroatoms. The molecule has 0 saturated heterocycles. The third kappa shape index (κ3) is 5.08. The second-order valence-corrected chi connectivity index (χ2v) is 5.13. The Morgan fingerprint density at radius 1 is 1.43 bits per heavy atom. The molecule has 0 radical (unpaired) electrons. The standard InChI is InChI=1S/C15H15ClFN3O3/c16-13-5-9(14(18)22)6-19-15(13)20-7-11(21)8-23-12-3-1-10(17)2-4-12/h1-6,11,21H,7-8H2,(H2,18,22)(H,19,20)/t11-/m0/s1. The van der Waals surface area contributed by atoms with Crippen molar-refractivity contribution >= 4 is 23.3 Å². The number of aliphatic hydroxyl groups is 1. The van der Waals surface area contributed by atoms with Crippen LogP contribution < -0.4 is 15.8 Å². The Morgan fingerprint density at radius 3 is 2.74 bits per heavy atom. The fraction of sp³-hybridized carbons (Fsp3) is 0.200. The van der Waals surface area contributed by atoms with E-state index in [0.717, 1.165) is 0 Å². The third-order valence-corrected chi connectivity index (χ3v) is 3.17. The summed E-state index contributed by atoms with van der Waals surface area (Å²) in [6, 6.07) is 6.86. The molecule has 23 heavy (non-hydrogen) atoms. The average molecular weight is 340 g/mol. The van der Waals surface area contributed by atoms with E-state index in [4.69, 9.17) is 22.1 Å². The minimum absolute atomic E-state index is 0.00954. The van der Waals surface area contributed by atoms with Gasteiger partial charge in [0.05, 0.1) is 10.6 Å². The summed E-state index contributed by atoms with van der Waals surface area (Å²) >= 11 is 5.96. The number of rotatable bonds is 7. The van der Waals surface area contributed by atoms with Gasteiger partial charge < -0.3 is 20.9 Å². The van der Waals surface area contributed by atoms with Gasteiger partial charge in [0.25, 0.3) is 0 Å². The van der Waals surface area contributed by atoms with E-state index in [1.54, 1.807) is 0 Å². The number of primary amides is 1. The molecule has 0 saturated carbocycles. The summed E-state index contributed by atoms with van der Waals surface area (Å²) in [5.41, 5.74) is 5.32. The monoisotopic (exact) mass is 339 g/mol. The Balaban J connectivity index is 1.83. The molecule has 6 nitrogen and oxygen atoms in total. The van der Waals surface area contributed by atoms with E-state index in [0.29, 0.717) is 11.6 Å². The van der Waals surface area contributed by atoms with Crippen LogP contribution in [0, 0.1) is 5.82 Å². The first-order valence-electron chi connectivity index (χ1n) is 6.71. The van der Waals surface area contributed by atoms with Crippen molar-refractivity contribution in [2.24, 2.45) is 5.73 Å². The molecule has 0 bridgehead atoms. The second kappa shape index (κ2) is 7.75. The minimum atomic E-state index is -0.839. The molecule has 0 fully saturated rings. The Kier molecular flexibility index (Phi) is 5.72. The highest BCUT2D eigenvalue weighted by Gasteiger charge is 2.10. The fourth-order valence-corrected chi connectivity index (χ4v) is 1.93. The van der Waals surface area contributed by atoms with Gasteiger partial charge in [-0.05, 0) is 30.3 Å². The lowest BCUT2D eigenvalue weighted by Gasteiger charge is -2.14. The van der Waals surface area contributed by atoms with Crippen LogP contribution in [0.4, 0.5) is 10.2 Å². The van der Waals surface area contributed by atoms with E-state index in [-0.39, 0.29) is 29.6 Å². The Bertz CT molecular complexity index is 682. The maximum atomic E-state index is 12.7. The summed E-state index contributed by atoms with van der Waals surface area (Å²) < 4.78 is 18.1. The largest absolute Gasteiger partial charge is 0.491 e. The van der Waals surface area contributed by atoms with Gasteiger partial charge in [-0.3, -0.25) is 4.79 Å². The van der Waals surface area contributed by atoms with E-state index in [2.05, 4.69) is 10.3 Å². The van der Waals surface area contributed by atoms with Crippen molar-refractivity contribution < 1.29 is 19.0 Å². The zero-order valence-corrected chi connectivity index (χ0v) is 12.8. The van der Waals surface area contributed by atoms with Crippen LogP contribution in [-0.2, 0) is 0 Å². The highest BCUT2D eigenvalue weighted by atomic mass is 35.5. The van der Waals surface area contributed by atoms with Crippen LogP contribution in [0.15, 0.2) is 36.5 Å². The van der Waals surface area contributed by atoms with Crippen molar-refractivity contribution in [3.63, 3.8) is 0 Å². The second-order valence-electron chi connectivity index (χ2n) is 4.72. The fourth-order valence-electron chi connectivity index (χ4n) is 1.70. The molecular formula is C15H15ClFN3O3. The van der Waals surface area contributed by atoms with Crippen LogP contribution in [0.25, 0.3) is 0 Å². The van der Waals surface area contributed by atoms with Crippen LogP contribution in [0.2, 0.25) is 5.02 Å². The van der Waals surface area contributed by atoms with Gasteiger partial charge in [0.1, 0.15) is 30.1 Å². The highest BCUT2D eigenvalue weighted by Crippen LogP contribution is 2.20. The van der Waals surface area contributed by atoms with Crippen molar-refractivity contribution in [2.75, 3.05) is 18.5 Å². The normalized spacial score (nSPS) is 11.8. The van der Waals surface area contributed by atoms with E-state index in [1.165, 1.54) is 36.5 Å². The molecule has 0 spiro atoms. The lowest BCUT2D eigenvalue weighted by atomic mass is 10.2. The topological polar surface area (TPSA) is 97.5 Å². The minimum Gasteiger partial charge on any atom is -0.491 e. The van der Waals surface area contributed by atoms with Crippen molar-refractivity contribution in [3.05, 3.63) is 52.9 Å². The van der Waals surface area contributed by atoms with Crippen molar-refractivity contribution in [1.82, 2.24) is 4.98 Å². The molecular weight excluding hydrogens is 325 g/mol. The number of aliphatic hydroxyl groups excluding tert-OH is 1. The van der Waals surface area contributed by atoms with E-state index in [9.17, 15) is 14.3 Å². The first-order valence-corrected chi connectivity index (χ1v) is 7.09. The molecule has 4 N–H and O–H groups in total. The average Bonchev–Trinajstić information content (AvgIpc) is 2.53. The van der Waals surface area contributed by atoms with Gasteiger partial charge in [-0.1, -0.05) is 11.6 Å². The summed E-state index contributed by atoms with van der Waals surface area (Å²) in [5.74, 6) is -0.219. The number of carbonyl (C=O) groups excluding carboxylic acids is 1. The number of amides is 1. The number of pyridine rings is 1. The summed E-state index contributed by atoms with van der Waals surface area (Å²) in [6.45, 7) is 0.138. The van der Waals surface area contributed by atoms with Crippen LogP contribution in [0.1, 0.15) is 10.4 Å². The molecule has 1 amide bonds. The number of nitrogens with two attached hydrogens (primary N) is 1. The lowest BCUT2D eigenvalue weighted by molar-refractivity contribution is 0.1000. The molecule has 2 aromatic rings. The van der Waals surface area contributed by atoms with Crippen molar-refractivity contribution in [2.45, 2.75) is 6.10 Å². The molecule has 122 valence electrons. The predicted octanol–water partition coefficient (Wildman–Crippen LogP) is 1.82. The Labute approximate surface area is 137 Å². The van der Waals surface area contributed by atoms with Gasteiger partial charge in [0, 0.05) is 12.7 Å². The van der Waals surface area contributed by atoms with Gasteiger partial charge in [-0.15, -0.1) is 0 Å². The van der Waals surface area contributed by atoms with E-state index >= 15 is 0 Å². The number of hydrogen-bond acceptors (Lipinski definition) is 5. The maximum absolute atomic E-state index is 12.7. The SMILES string of the molecule is NC(=O)c1cnc(NC[C@H](O)COc2ccc(F)cc2)c(Cl)c1. The molecule has 0 unspecified atom stereocenters. The van der Waals surface area contributed by atoms with Crippen LogP contribution >= 0.6 is 11.6 Å². The smallest absolute Gasteiger partial charge is 0.250 e. The summed E-state index contributed by atoms with van der Waals surface area (Å²) in [6.07, 6.45) is 0.450. The number of nitrogens with one attached hydrogen (secondary N) is 1. The number of nitrogens with zero attached hydrogens (tertiary/aromatic N) is 1. The molecule has 0 aliphatic heterocycles. The van der Waals surface area contributed by atoms with Gasteiger partial charge in [-0.2, -0.15) is 0 Å². The van der Waals surface area contributed by atoms with Crippen LogP contribution in [0.3, 0.4) is 0 Å². The molecule has 1 atom stereocenters. The third-order valence-electron chi connectivity index (χ3n) is 2.89. The molecule has 1 aromatic heterocycles. The van der Waals surface area contributed by atoms with Crippen LogP contribution in [0.5, 0.6) is 5.75 Å². The quantitative estimate of drug-likeness (QED) is 0.715. The Hall–Kier alpha value is -2.38. The number of benzene rings is 1. The van der Waals surface area contributed by atoms with Crippen molar-refractivity contribution in [3.8, 4) is 5.75 Å². The number of aromatic nitrogens is 1. The summed E-state index contributed by atoms with van der Waals surface area (Å²) in [4.78, 5) is 15.0. The Morgan fingerprint density at radius 2 is 2.13 bits per heavy atom. The number of ether oxygens (including phenoxy) is 1. The van der Waals surface area contributed by atoms with Gasteiger partial charge >= 0.3 is 0 Å². The van der Waals surface area contributed by atoms with Crippen LogP contribution in [-0.4, -0.2) is 35.3 Å². The first-order chi connectivity index (χ1) is 11.0. The first kappa shape index (κ1) is 17.0. The van der Waals surface area contributed by atoms with Crippen molar-refractivity contribution in [1.29, 1.82) is 0 Å². The number of halogens is 2. The predicted molar refractivity (Wildman–Crippen MR) is 84.2 cm³/mol. The van der Waals surface area contributed by atoms with Gasteiger partial charge in [0.15, 0.2) is 0 Å². The molecule has 1 heterocycles. The van der Waals surface area contributed by atoms with E-state index in [1.807, 2.05) is 0 Å². The molecule has 0 aliphatic carbocycles. The summed E-state index contributed by atoms with van der Waals surface area (Å²) in [5, 5.41) is 12.9. The number of anilines is 1.